The van der Waals surface area contributed by atoms with E-state index in [0.717, 1.165) is 43.7 Å². The number of aromatic nitrogens is 2. The molecule has 0 spiro atoms. The number of sulfone groups is 1. The number of hydrogen-bond acceptors (Lipinski definition) is 9. The van der Waals surface area contributed by atoms with Gasteiger partial charge in [-0.3, -0.25) is 10.4 Å². The van der Waals surface area contributed by atoms with Crippen LogP contribution in [-0.2, 0) is 28.6 Å². The van der Waals surface area contributed by atoms with Gasteiger partial charge in [0.2, 0.25) is 20.7 Å². The number of aliphatic imine (C=N–C) groups is 1. The Kier molecular flexibility index (Phi) is 7.04. The molecule has 1 aromatic heterocycles. The highest BCUT2D eigenvalue weighted by atomic mass is 32.2. The van der Waals surface area contributed by atoms with Gasteiger partial charge in [0.15, 0.2) is 0 Å². The number of anilines is 1. The Hall–Kier alpha value is -2.89. The van der Waals surface area contributed by atoms with Gasteiger partial charge in [-0.2, -0.15) is 5.10 Å². The van der Waals surface area contributed by atoms with Gasteiger partial charge in [0, 0.05) is 30.9 Å². The van der Waals surface area contributed by atoms with E-state index in [9.17, 15) is 8.42 Å². The number of benzene rings is 1. The molecular weight excluding hydrogens is 502 g/mol. The van der Waals surface area contributed by atoms with Crippen LogP contribution in [0.1, 0.15) is 68.7 Å². The molecule has 0 amide bonds. The summed E-state index contributed by atoms with van der Waals surface area (Å²) in [4.78, 5) is 4.63. The second kappa shape index (κ2) is 10.0. The van der Waals surface area contributed by atoms with Crippen molar-refractivity contribution in [2.24, 2.45) is 10.7 Å². The fourth-order valence-electron chi connectivity index (χ4n) is 5.66. The summed E-state index contributed by atoms with van der Waals surface area (Å²) >= 11 is 0. The minimum Gasteiger partial charge on any atom is -0.490 e. The van der Waals surface area contributed by atoms with Crippen LogP contribution in [-0.4, -0.2) is 48.9 Å². The molecule has 0 aliphatic carbocycles. The van der Waals surface area contributed by atoms with Crippen LogP contribution < -0.4 is 26.4 Å². The van der Waals surface area contributed by atoms with Gasteiger partial charge in [-0.15, -0.1) is 0 Å². The molecule has 1 saturated heterocycles. The normalized spacial score (nSPS) is 23.7. The van der Waals surface area contributed by atoms with E-state index in [0.29, 0.717) is 24.0 Å². The van der Waals surface area contributed by atoms with Crippen LogP contribution in [0.4, 0.5) is 5.69 Å². The first-order valence-corrected chi connectivity index (χ1v) is 15.0. The van der Waals surface area contributed by atoms with Crippen LogP contribution in [0.3, 0.4) is 0 Å². The lowest BCUT2D eigenvalue weighted by Gasteiger charge is -2.34. The van der Waals surface area contributed by atoms with Gasteiger partial charge < -0.3 is 20.7 Å². The van der Waals surface area contributed by atoms with Gasteiger partial charge in [-0.05, 0) is 89.7 Å². The van der Waals surface area contributed by atoms with Crippen LogP contribution in [0.5, 0.6) is 5.75 Å². The third-order valence-corrected chi connectivity index (χ3v) is 9.74. The van der Waals surface area contributed by atoms with Gasteiger partial charge in [-0.25, -0.2) is 13.4 Å². The quantitative estimate of drug-likeness (QED) is 0.420. The third-order valence-electron chi connectivity index (χ3n) is 7.65. The van der Waals surface area contributed by atoms with E-state index in [4.69, 9.17) is 10.5 Å². The molecule has 0 bridgehead atoms. The number of nitrogens with zero attached hydrogens (tertiary/aromatic N) is 3. The van der Waals surface area contributed by atoms with Crippen LogP contribution in [0, 0.1) is 6.92 Å². The van der Waals surface area contributed by atoms with Crippen molar-refractivity contribution in [2.45, 2.75) is 88.5 Å². The largest absolute Gasteiger partial charge is 0.490 e. The summed E-state index contributed by atoms with van der Waals surface area (Å²) in [6, 6.07) is 2.10. The van der Waals surface area contributed by atoms with E-state index >= 15 is 0 Å². The standard InChI is InChI=1S/C27H39N7O3S/c1-6-34-15-22(26(33-34)38(35,36)16(2)3)31-23-9-12-30-27(28,32-23)21-13-17(4)24(19-7-10-29-11-8-19)20-14-18(5)37-25(20)21/h9,12-13,15-16,18-19,29,31-32H,6-8,10-11,14,28H2,1-5H3. The average molecular weight is 542 g/mol. The highest BCUT2D eigenvalue weighted by Crippen LogP contribution is 2.45. The minimum atomic E-state index is -3.60. The van der Waals surface area contributed by atoms with Crippen LogP contribution in [0.2, 0.25) is 0 Å². The van der Waals surface area contributed by atoms with Crippen molar-refractivity contribution in [2.75, 3.05) is 18.4 Å². The second-order valence-electron chi connectivity index (χ2n) is 10.8. The number of nitrogens with one attached hydrogen (secondary N) is 3. The first-order chi connectivity index (χ1) is 18.0. The molecule has 0 radical (unpaired) electrons. The maximum atomic E-state index is 13.0. The highest BCUT2D eigenvalue weighted by molar-refractivity contribution is 7.92. The van der Waals surface area contributed by atoms with Crippen molar-refractivity contribution in [3.05, 3.63) is 46.4 Å². The van der Waals surface area contributed by atoms with Crippen molar-refractivity contribution in [1.29, 1.82) is 0 Å². The summed E-state index contributed by atoms with van der Waals surface area (Å²) in [6.45, 7) is 12.0. The predicted molar refractivity (Wildman–Crippen MR) is 149 cm³/mol. The zero-order valence-electron chi connectivity index (χ0n) is 22.8. The van der Waals surface area contributed by atoms with Crippen LogP contribution in [0.15, 0.2) is 34.2 Å². The number of ether oxygens (including phenoxy) is 1. The summed E-state index contributed by atoms with van der Waals surface area (Å²) in [5.41, 5.74) is 11.9. The molecule has 3 aliphatic heterocycles. The summed E-state index contributed by atoms with van der Waals surface area (Å²) in [5.74, 6) is 0.545. The Morgan fingerprint density at radius 2 is 2.05 bits per heavy atom. The molecule has 5 N–H and O–H groups in total. The van der Waals surface area contributed by atoms with Gasteiger partial charge in [0.25, 0.3) is 0 Å². The molecule has 2 atom stereocenters. The monoisotopic (exact) mass is 541 g/mol. The maximum absolute atomic E-state index is 13.0. The lowest BCUT2D eigenvalue weighted by atomic mass is 9.81. The number of nitrogens with two attached hydrogens (primary N) is 1. The minimum absolute atomic E-state index is 0.0161. The van der Waals surface area contributed by atoms with E-state index in [-0.39, 0.29) is 11.1 Å². The lowest BCUT2D eigenvalue weighted by Crippen LogP contribution is -2.51. The zero-order chi connectivity index (χ0) is 27.2. The molecular formula is C27H39N7O3S. The molecule has 2 unspecified atom stereocenters. The maximum Gasteiger partial charge on any atom is 0.213 e. The number of fused-ring (bicyclic) bond motifs is 1. The summed E-state index contributed by atoms with van der Waals surface area (Å²) in [7, 11) is -3.60. The average Bonchev–Trinajstić information content (AvgIpc) is 3.47. The molecule has 1 aromatic carbocycles. The molecule has 38 heavy (non-hydrogen) atoms. The zero-order valence-corrected chi connectivity index (χ0v) is 23.7. The number of piperidine rings is 1. The number of rotatable bonds is 7. The van der Waals surface area contributed by atoms with E-state index in [1.165, 1.54) is 16.7 Å². The molecule has 206 valence electrons. The molecule has 3 aliphatic rings. The molecule has 10 nitrogen and oxygen atoms in total. The van der Waals surface area contributed by atoms with Crippen molar-refractivity contribution in [3.8, 4) is 5.75 Å². The molecule has 2 aromatic rings. The van der Waals surface area contributed by atoms with Crippen molar-refractivity contribution < 1.29 is 13.2 Å². The Balaban J connectivity index is 1.49. The van der Waals surface area contributed by atoms with E-state index in [1.54, 1.807) is 37.0 Å². The van der Waals surface area contributed by atoms with Crippen molar-refractivity contribution >= 4 is 21.7 Å². The summed E-state index contributed by atoms with van der Waals surface area (Å²) in [5, 5.41) is 13.7. The third kappa shape index (κ3) is 4.71. The molecule has 0 saturated carbocycles. The van der Waals surface area contributed by atoms with Gasteiger partial charge in [-0.1, -0.05) is 0 Å². The number of hydrogen-bond donors (Lipinski definition) is 4. The Bertz CT molecular complexity index is 1390. The van der Waals surface area contributed by atoms with Crippen LogP contribution in [0.25, 0.3) is 0 Å². The topological polar surface area (TPSA) is 136 Å². The Labute approximate surface area is 225 Å². The number of allylic oxidation sites excluding steroid dienone is 1. The van der Waals surface area contributed by atoms with Crippen molar-refractivity contribution in [3.63, 3.8) is 0 Å². The highest BCUT2D eigenvalue weighted by Gasteiger charge is 2.39. The molecule has 1 fully saturated rings. The fourth-order valence-corrected chi connectivity index (χ4v) is 6.74. The van der Waals surface area contributed by atoms with E-state index in [1.807, 2.05) is 6.92 Å². The van der Waals surface area contributed by atoms with Crippen molar-refractivity contribution in [1.82, 2.24) is 20.4 Å². The van der Waals surface area contributed by atoms with Gasteiger partial charge in [0.05, 0.1) is 16.5 Å². The SMILES string of the molecule is CCn1cc(NC2=CC=NC(N)(c3cc(C)c(C4CCNCC4)c4c3OC(C)C4)N2)c(S(=O)(=O)C(C)C)n1. The van der Waals surface area contributed by atoms with Gasteiger partial charge in [0.1, 0.15) is 17.7 Å². The lowest BCUT2D eigenvalue weighted by molar-refractivity contribution is 0.245. The first-order valence-electron chi connectivity index (χ1n) is 13.5. The predicted octanol–water partition coefficient (Wildman–Crippen LogP) is 2.88. The Morgan fingerprint density at radius 3 is 2.74 bits per heavy atom. The number of aryl methyl sites for hydroxylation is 2. The van der Waals surface area contributed by atoms with E-state index < -0.39 is 20.9 Å². The molecule has 5 rings (SSSR count). The smallest absolute Gasteiger partial charge is 0.213 e. The first kappa shape index (κ1) is 26.7. The fraction of sp³-hybridized carbons (Fsp3) is 0.556. The van der Waals surface area contributed by atoms with Gasteiger partial charge >= 0.3 is 0 Å². The van der Waals surface area contributed by atoms with E-state index in [2.05, 4.69) is 46.0 Å². The Morgan fingerprint density at radius 1 is 1.32 bits per heavy atom. The second-order valence-corrected chi connectivity index (χ2v) is 13.2. The summed E-state index contributed by atoms with van der Waals surface area (Å²) < 4.78 is 34.0. The van der Waals surface area contributed by atoms with Crippen LogP contribution >= 0.6 is 0 Å². The molecule has 4 heterocycles. The molecule has 11 heteroatoms. The summed E-state index contributed by atoms with van der Waals surface area (Å²) in [6.07, 6.45) is 8.18.